The van der Waals surface area contributed by atoms with Gasteiger partial charge in [-0.1, -0.05) is 58.5 Å². The molecular weight excluding hydrogens is 356 g/mol. The molecule has 0 spiro atoms. The highest BCUT2D eigenvalue weighted by Crippen LogP contribution is 2.31. The molecule has 0 unspecified atom stereocenters. The van der Waals surface area contributed by atoms with Crippen molar-refractivity contribution < 1.29 is 4.92 Å². The maximum Gasteiger partial charge on any atom is 0.273 e. The average molecular weight is 367 g/mol. The van der Waals surface area contributed by atoms with Crippen LogP contribution in [0.1, 0.15) is 11.1 Å². The van der Waals surface area contributed by atoms with Gasteiger partial charge in [-0.15, -0.1) is 0 Å². The van der Waals surface area contributed by atoms with Gasteiger partial charge in [0.2, 0.25) is 0 Å². The zero-order valence-corrected chi connectivity index (χ0v) is 14.2. The zero-order chi connectivity index (χ0) is 16.2. The summed E-state index contributed by atoms with van der Waals surface area (Å²) < 4.78 is 0. The molecule has 112 valence electrons. The van der Waals surface area contributed by atoms with Crippen molar-refractivity contribution in [2.45, 2.75) is 13.8 Å². The Kier molecular flexibility index (Phi) is 6.75. The molecule has 0 saturated heterocycles. The van der Waals surface area contributed by atoms with Crippen LogP contribution in [0, 0.1) is 24.0 Å². The lowest BCUT2D eigenvalue weighted by molar-refractivity contribution is -0.385. The van der Waals surface area contributed by atoms with E-state index in [9.17, 15) is 10.1 Å². The van der Waals surface area contributed by atoms with Crippen molar-refractivity contribution in [2.24, 2.45) is 0 Å². The standard InChI is InChI=1S/C7H5Cl2NO2.C7H6Cl2/c1-4-6(10(11)12)3-2-5(8)7(4)9;1-5-3-2-4-6(8)7(5)9/h2-3H,1H3;2-4H,1H3. The summed E-state index contributed by atoms with van der Waals surface area (Å²) in [6.45, 7) is 3.49. The topological polar surface area (TPSA) is 43.1 Å². The molecule has 3 nitrogen and oxygen atoms in total. The van der Waals surface area contributed by atoms with Gasteiger partial charge in [0.1, 0.15) is 0 Å². The molecule has 2 rings (SSSR count). The summed E-state index contributed by atoms with van der Waals surface area (Å²) in [5, 5.41) is 12.2. The van der Waals surface area contributed by atoms with Gasteiger partial charge in [-0.25, -0.2) is 0 Å². The second-order valence-electron chi connectivity index (χ2n) is 4.13. The Hall–Kier alpha value is -1.000. The molecule has 0 aliphatic carbocycles. The molecule has 7 heteroatoms. The molecule has 0 aromatic heterocycles. The van der Waals surface area contributed by atoms with Crippen molar-refractivity contribution >= 4 is 52.1 Å². The van der Waals surface area contributed by atoms with Crippen molar-refractivity contribution in [3.63, 3.8) is 0 Å². The fourth-order valence-corrected chi connectivity index (χ4v) is 2.16. The van der Waals surface area contributed by atoms with Gasteiger partial charge in [0.05, 0.1) is 25.0 Å². The normalized spacial score (nSPS) is 9.81. The van der Waals surface area contributed by atoms with Crippen LogP contribution in [-0.2, 0) is 0 Å². The van der Waals surface area contributed by atoms with Crippen molar-refractivity contribution in [1.29, 1.82) is 0 Å². The van der Waals surface area contributed by atoms with Gasteiger partial charge in [0, 0.05) is 11.6 Å². The first kappa shape index (κ1) is 18.1. The molecule has 2 aromatic rings. The number of benzene rings is 2. The Bertz CT molecular complexity index is 654. The first-order valence-electron chi connectivity index (χ1n) is 5.75. The SMILES string of the molecule is Cc1c([N+](=O)[O-])ccc(Cl)c1Cl.Cc1cccc(Cl)c1Cl. The van der Waals surface area contributed by atoms with E-state index in [0.717, 1.165) is 5.56 Å². The van der Waals surface area contributed by atoms with Crippen LogP contribution in [0.15, 0.2) is 30.3 Å². The third-order valence-electron chi connectivity index (χ3n) is 2.65. The maximum atomic E-state index is 10.4. The first-order valence-corrected chi connectivity index (χ1v) is 7.26. The molecule has 0 amide bonds. The van der Waals surface area contributed by atoms with Gasteiger partial charge < -0.3 is 0 Å². The largest absolute Gasteiger partial charge is 0.273 e. The van der Waals surface area contributed by atoms with Gasteiger partial charge in [-0.2, -0.15) is 0 Å². The van der Waals surface area contributed by atoms with E-state index in [1.165, 1.54) is 12.1 Å². The Morgan fingerprint density at radius 3 is 1.95 bits per heavy atom. The highest BCUT2D eigenvalue weighted by molar-refractivity contribution is 6.43. The average Bonchev–Trinajstić information content (AvgIpc) is 2.42. The quantitative estimate of drug-likeness (QED) is 0.426. The molecule has 0 radical (unpaired) electrons. The van der Waals surface area contributed by atoms with E-state index in [-0.39, 0.29) is 10.7 Å². The highest BCUT2D eigenvalue weighted by Gasteiger charge is 2.14. The molecular formula is C14H11Cl4NO2. The van der Waals surface area contributed by atoms with Crippen molar-refractivity contribution in [2.75, 3.05) is 0 Å². The molecule has 0 N–H and O–H groups in total. The molecule has 0 aliphatic heterocycles. The lowest BCUT2D eigenvalue weighted by Crippen LogP contribution is -1.91. The number of hydrogen-bond acceptors (Lipinski definition) is 2. The lowest BCUT2D eigenvalue weighted by Gasteiger charge is -2.00. The number of aryl methyl sites for hydroxylation is 1. The van der Waals surface area contributed by atoms with Gasteiger partial charge in [0.15, 0.2) is 0 Å². The van der Waals surface area contributed by atoms with E-state index in [0.29, 0.717) is 20.6 Å². The number of hydrogen-bond donors (Lipinski definition) is 0. The van der Waals surface area contributed by atoms with E-state index >= 15 is 0 Å². The van der Waals surface area contributed by atoms with Crippen LogP contribution in [0.5, 0.6) is 0 Å². The van der Waals surface area contributed by atoms with Crippen LogP contribution in [0.2, 0.25) is 20.1 Å². The van der Waals surface area contributed by atoms with Crippen LogP contribution < -0.4 is 0 Å². The number of rotatable bonds is 1. The lowest BCUT2D eigenvalue weighted by atomic mass is 10.2. The Balaban J connectivity index is 0.000000219. The van der Waals surface area contributed by atoms with Gasteiger partial charge in [0.25, 0.3) is 5.69 Å². The van der Waals surface area contributed by atoms with E-state index in [1.807, 2.05) is 19.1 Å². The van der Waals surface area contributed by atoms with Gasteiger partial charge >= 0.3 is 0 Å². The van der Waals surface area contributed by atoms with E-state index in [1.54, 1.807) is 13.0 Å². The summed E-state index contributed by atoms with van der Waals surface area (Å²) in [6, 6.07) is 8.33. The summed E-state index contributed by atoms with van der Waals surface area (Å²) in [4.78, 5) is 9.90. The van der Waals surface area contributed by atoms with Crippen LogP contribution in [0.4, 0.5) is 5.69 Å². The predicted octanol–water partition coefficient (Wildman–Crippen LogP) is 6.51. The Labute approximate surface area is 142 Å². The molecule has 0 atom stereocenters. The summed E-state index contributed by atoms with van der Waals surface area (Å²) in [5.41, 5.74) is 1.41. The molecule has 0 fully saturated rings. The minimum atomic E-state index is -0.489. The number of nitro benzene ring substituents is 1. The second-order valence-corrected chi connectivity index (χ2v) is 5.70. The maximum absolute atomic E-state index is 10.4. The van der Waals surface area contributed by atoms with E-state index in [2.05, 4.69) is 0 Å². The van der Waals surface area contributed by atoms with Crippen LogP contribution in [-0.4, -0.2) is 4.92 Å². The molecule has 2 aromatic carbocycles. The molecule has 0 heterocycles. The summed E-state index contributed by atoms with van der Waals surface area (Å²) >= 11 is 22.8. The minimum Gasteiger partial charge on any atom is -0.258 e. The van der Waals surface area contributed by atoms with Crippen LogP contribution in [0.3, 0.4) is 0 Å². The predicted molar refractivity (Wildman–Crippen MR) is 89.1 cm³/mol. The summed E-state index contributed by atoms with van der Waals surface area (Å²) in [5.74, 6) is 0. The van der Waals surface area contributed by atoms with E-state index in [4.69, 9.17) is 46.4 Å². The van der Waals surface area contributed by atoms with Crippen LogP contribution >= 0.6 is 46.4 Å². The van der Waals surface area contributed by atoms with Gasteiger partial charge in [-0.05, 0) is 31.5 Å². The first-order chi connectivity index (χ1) is 9.75. The Morgan fingerprint density at radius 2 is 1.48 bits per heavy atom. The Morgan fingerprint density at radius 1 is 0.905 bits per heavy atom. The smallest absolute Gasteiger partial charge is 0.258 e. The van der Waals surface area contributed by atoms with E-state index < -0.39 is 4.92 Å². The van der Waals surface area contributed by atoms with Crippen molar-refractivity contribution in [3.05, 3.63) is 71.7 Å². The number of nitro groups is 1. The number of nitrogens with zero attached hydrogens (tertiary/aromatic N) is 1. The second kappa shape index (κ2) is 7.85. The molecule has 21 heavy (non-hydrogen) atoms. The number of halogens is 4. The third-order valence-corrected chi connectivity index (χ3v) is 4.46. The molecule has 0 bridgehead atoms. The third kappa shape index (κ3) is 4.75. The summed E-state index contributed by atoms with van der Waals surface area (Å²) in [7, 11) is 0. The van der Waals surface area contributed by atoms with Gasteiger partial charge in [-0.3, -0.25) is 10.1 Å². The highest BCUT2D eigenvalue weighted by atomic mass is 35.5. The summed E-state index contributed by atoms with van der Waals surface area (Å²) in [6.07, 6.45) is 0. The molecule has 0 aliphatic rings. The zero-order valence-electron chi connectivity index (χ0n) is 11.2. The minimum absolute atomic E-state index is 0.00981. The van der Waals surface area contributed by atoms with Crippen molar-refractivity contribution in [3.8, 4) is 0 Å². The fraction of sp³-hybridized carbons (Fsp3) is 0.143. The van der Waals surface area contributed by atoms with Crippen molar-refractivity contribution in [1.82, 2.24) is 0 Å². The van der Waals surface area contributed by atoms with Crippen LogP contribution in [0.25, 0.3) is 0 Å². The monoisotopic (exact) mass is 365 g/mol. The fourth-order valence-electron chi connectivity index (χ4n) is 1.45. The molecule has 0 saturated carbocycles.